The van der Waals surface area contributed by atoms with Crippen LogP contribution in [0.3, 0.4) is 0 Å². The lowest BCUT2D eigenvalue weighted by molar-refractivity contribution is -0.123. The molecule has 1 aliphatic carbocycles. The van der Waals surface area contributed by atoms with E-state index in [1.165, 1.54) is 12.8 Å². The molecule has 0 saturated heterocycles. The average Bonchev–Trinajstić information content (AvgIpc) is 2.93. The Bertz CT molecular complexity index is 244. The maximum atomic E-state index is 11.7. The monoisotopic (exact) mass is 226 g/mol. The Morgan fingerprint density at radius 1 is 1.19 bits per heavy atom. The van der Waals surface area contributed by atoms with Crippen LogP contribution in [0.15, 0.2) is 0 Å². The smallest absolute Gasteiger partial charge is 0.237 e. The van der Waals surface area contributed by atoms with Crippen molar-refractivity contribution in [2.75, 3.05) is 6.54 Å². The van der Waals surface area contributed by atoms with Crippen LogP contribution in [0.4, 0.5) is 0 Å². The second-order valence-corrected chi connectivity index (χ2v) is 5.78. The van der Waals surface area contributed by atoms with Crippen LogP contribution in [0.5, 0.6) is 0 Å². The van der Waals surface area contributed by atoms with Crippen molar-refractivity contribution < 1.29 is 4.79 Å². The minimum Gasteiger partial charge on any atom is -0.353 e. The topological polar surface area (TPSA) is 41.1 Å². The molecular formula is C13H26N2O. The van der Waals surface area contributed by atoms with E-state index in [1.807, 2.05) is 20.8 Å². The van der Waals surface area contributed by atoms with E-state index in [-0.39, 0.29) is 18.0 Å². The zero-order valence-corrected chi connectivity index (χ0v) is 11.3. The second-order valence-electron chi connectivity index (χ2n) is 5.78. The summed E-state index contributed by atoms with van der Waals surface area (Å²) in [6.45, 7) is 11.4. The van der Waals surface area contributed by atoms with E-state index in [0.717, 1.165) is 6.54 Å². The molecule has 0 aliphatic heterocycles. The number of amides is 1. The zero-order valence-electron chi connectivity index (χ0n) is 11.3. The quantitative estimate of drug-likeness (QED) is 0.726. The van der Waals surface area contributed by atoms with Crippen molar-refractivity contribution in [3.05, 3.63) is 0 Å². The van der Waals surface area contributed by atoms with Crippen LogP contribution >= 0.6 is 0 Å². The standard InChI is InChI=1S/C13H26N2O/c1-9(2)13(6-7-13)8-14-11(5)12(16)15-10(3)4/h9-11,14H,6-8H2,1-5H3,(H,15,16). The Morgan fingerprint density at radius 2 is 1.75 bits per heavy atom. The van der Waals surface area contributed by atoms with Crippen LogP contribution in [0.2, 0.25) is 0 Å². The minimum atomic E-state index is -0.0846. The lowest BCUT2D eigenvalue weighted by Crippen LogP contribution is -2.46. The Hall–Kier alpha value is -0.570. The van der Waals surface area contributed by atoms with E-state index < -0.39 is 0 Å². The summed E-state index contributed by atoms with van der Waals surface area (Å²) in [5.41, 5.74) is 0.465. The molecule has 0 aromatic heterocycles. The third-order valence-electron chi connectivity index (χ3n) is 3.70. The molecule has 1 rings (SSSR count). The molecule has 1 aliphatic rings. The fraction of sp³-hybridized carbons (Fsp3) is 0.923. The van der Waals surface area contributed by atoms with Crippen LogP contribution < -0.4 is 10.6 Å². The number of rotatable bonds is 6. The fourth-order valence-corrected chi connectivity index (χ4v) is 1.98. The summed E-state index contributed by atoms with van der Waals surface area (Å²) >= 11 is 0. The van der Waals surface area contributed by atoms with E-state index in [1.54, 1.807) is 0 Å². The van der Waals surface area contributed by atoms with Crippen molar-refractivity contribution in [1.82, 2.24) is 10.6 Å². The maximum absolute atomic E-state index is 11.7. The molecule has 0 spiro atoms. The molecule has 1 saturated carbocycles. The van der Waals surface area contributed by atoms with E-state index in [4.69, 9.17) is 0 Å². The minimum absolute atomic E-state index is 0.0846. The van der Waals surface area contributed by atoms with E-state index in [2.05, 4.69) is 24.5 Å². The van der Waals surface area contributed by atoms with Gasteiger partial charge in [0.2, 0.25) is 5.91 Å². The summed E-state index contributed by atoms with van der Waals surface area (Å²) in [4.78, 5) is 11.7. The fourth-order valence-electron chi connectivity index (χ4n) is 1.98. The normalized spacial score (nSPS) is 19.9. The van der Waals surface area contributed by atoms with Crippen LogP contribution in [0.1, 0.15) is 47.5 Å². The molecule has 1 amide bonds. The van der Waals surface area contributed by atoms with Crippen molar-refractivity contribution in [1.29, 1.82) is 0 Å². The molecular weight excluding hydrogens is 200 g/mol. The average molecular weight is 226 g/mol. The lowest BCUT2D eigenvalue weighted by Gasteiger charge is -2.23. The highest BCUT2D eigenvalue weighted by Gasteiger charge is 2.45. The molecule has 1 unspecified atom stereocenters. The Labute approximate surface area is 99.4 Å². The number of hydrogen-bond donors (Lipinski definition) is 2. The van der Waals surface area contributed by atoms with E-state index in [0.29, 0.717) is 11.3 Å². The first kappa shape index (κ1) is 13.5. The Kier molecular flexibility index (Phi) is 4.36. The Morgan fingerprint density at radius 3 is 2.12 bits per heavy atom. The van der Waals surface area contributed by atoms with Gasteiger partial charge in [-0.1, -0.05) is 13.8 Å². The van der Waals surface area contributed by atoms with Crippen molar-refractivity contribution in [3.8, 4) is 0 Å². The van der Waals surface area contributed by atoms with Gasteiger partial charge in [-0.25, -0.2) is 0 Å². The summed E-state index contributed by atoms with van der Waals surface area (Å²) in [6, 6.07) is 0.135. The van der Waals surface area contributed by atoms with E-state index >= 15 is 0 Å². The first-order chi connectivity index (χ1) is 7.37. The van der Waals surface area contributed by atoms with Crippen LogP contribution in [-0.4, -0.2) is 24.5 Å². The van der Waals surface area contributed by atoms with Gasteiger partial charge in [-0.05, 0) is 44.9 Å². The van der Waals surface area contributed by atoms with Gasteiger partial charge in [-0.15, -0.1) is 0 Å². The molecule has 1 fully saturated rings. The summed E-state index contributed by atoms with van der Waals surface area (Å²) in [5, 5.41) is 6.29. The number of carbonyl (C=O) groups excluding carboxylic acids is 1. The molecule has 0 radical (unpaired) electrons. The first-order valence-corrected chi connectivity index (χ1v) is 6.41. The highest BCUT2D eigenvalue weighted by Crippen LogP contribution is 2.51. The summed E-state index contributed by atoms with van der Waals surface area (Å²) in [5.74, 6) is 0.815. The highest BCUT2D eigenvalue weighted by molar-refractivity contribution is 5.81. The van der Waals surface area contributed by atoms with Gasteiger partial charge in [-0.3, -0.25) is 4.79 Å². The number of carbonyl (C=O) groups is 1. The number of nitrogens with one attached hydrogen (secondary N) is 2. The van der Waals surface area contributed by atoms with Gasteiger partial charge < -0.3 is 10.6 Å². The molecule has 2 N–H and O–H groups in total. The van der Waals surface area contributed by atoms with Gasteiger partial charge >= 0.3 is 0 Å². The SMILES string of the molecule is CC(C)NC(=O)C(C)NCC1(C(C)C)CC1. The van der Waals surface area contributed by atoms with Crippen molar-refractivity contribution in [3.63, 3.8) is 0 Å². The molecule has 0 heterocycles. The van der Waals surface area contributed by atoms with Gasteiger partial charge in [0.1, 0.15) is 0 Å². The van der Waals surface area contributed by atoms with Crippen molar-refractivity contribution in [2.24, 2.45) is 11.3 Å². The van der Waals surface area contributed by atoms with Gasteiger partial charge in [0, 0.05) is 12.6 Å². The van der Waals surface area contributed by atoms with E-state index in [9.17, 15) is 4.79 Å². The molecule has 1 atom stereocenters. The number of hydrogen-bond acceptors (Lipinski definition) is 2. The summed E-state index contributed by atoms with van der Waals surface area (Å²) < 4.78 is 0. The highest BCUT2D eigenvalue weighted by atomic mass is 16.2. The Balaban J connectivity index is 2.30. The van der Waals surface area contributed by atoms with Gasteiger partial charge in [0.15, 0.2) is 0 Å². The third kappa shape index (κ3) is 3.48. The second kappa shape index (κ2) is 5.17. The van der Waals surface area contributed by atoms with Crippen molar-refractivity contribution >= 4 is 5.91 Å². The first-order valence-electron chi connectivity index (χ1n) is 6.41. The molecule has 3 heteroatoms. The summed E-state index contributed by atoms with van der Waals surface area (Å²) in [6.07, 6.45) is 2.60. The van der Waals surface area contributed by atoms with Crippen LogP contribution in [0, 0.1) is 11.3 Å². The largest absolute Gasteiger partial charge is 0.353 e. The third-order valence-corrected chi connectivity index (χ3v) is 3.70. The molecule has 0 aromatic carbocycles. The summed E-state index contributed by atoms with van der Waals surface area (Å²) in [7, 11) is 0. The van der Waals surface area contributed by atoms with Gasteiger partial charge in [0.05, 0.1) is 6.04 Å². The molecule has 16 heavy (non-hydrogen) atoms. The molecule has 94 valence electrons. The lowest BCUT2D eigenvalue weighted by atomic mass is 9.92. The zero-order chi connectivity index (χ0) is 12.3. The van der Waals surface area contributed by atoms with Crippen LogP contribution in [0.25, 0.3) is 0 Å². The predicted molar refractivity (Wildman–Crippen MR) is 67.2 cm³/mol. The van der Waals surface area contributed by atoms with Crippen molar-refractivity contribution in [2.45, 2.75) is 59.5 Å². The van der Waals surface area contributed by atoms with Gasteiger partial charge in [-0.2, -0.15) is 0 Å². The molecule has 0 bridgehead atoms. The molecule has 3 nitrogen and oxygen atoms in total. The van der Waals surface area contributed by atoms with Gasteiger partial charge in [0.25, 0.3) is 0 Å². The van der Waals surface area contributed by atoms with Crippen LogP contribution in [-0.2, 0) is 4.79 Å². The molecule has 0 aromatic rings. The maximum Gasteiger partial charge on any atom is 0.237 e. The predicted octanol–water partition coefficient (Wildman–Crippen LogP) is 1.93.